The third-order valence-corrected chi connectivity index (χ3v) is 6.34. The van der Waals surface area contributed by atoms with E-state index < -0.39 is 0 Å². The minimum absolute atomic E-state index is 0.0574. The van der Waals surface area contributed by atoms with Gasteiger partial charge in [0.05, 0.1) is 5.92 Å². The second-order valence-electron chi connectivity index (χ2n) is 8.01. The van der Waals surface area contributed by atoms with Crippen molar-refractivity contribution in [1.29, 1.82) is 0 Å². The normalized spacial score (nSPS) is 20.4. The maximum absolute atomic E-state index is 12.7. The summed E-state index contributed by atoms with van der Waals surface area (Å²) in [6, 6.07) is 7.19. The molecule has 2 aliphatic rings. The number of benzene rings is 1. The van der Waals surface area contributed by atoms with E-state index in [1.54, 1.807) is 23.1 Å². The number of rotatable bonds is 6. The Hall–Kier alpha value is -2.08. The van der Waals surface area contributed by atoms with Gasteiger partial charge in [-0.2, -0.15) is 0 Å². The molecule has 29 heavy (non-hydrogen) atoms. The van der Waals surface area contributed by atoms with E-state index in [2.05, 4.69) is 19.2 Å². The van der Waals surface area contributed by atoms with E-state index in [9.17, 15) is 14.4 Å². The van der Waals surface area contributed by atoms with Crippen LogP contribution in [0.25, 0.3) is 0 Å². The van der Waals surface area contributed by atoms with Gasteiger partial charge in [0, 0.05) is 48.7 Å². The molecule has 3 rings (SSSR count). The van der Waals surface area contributed by atoms with E-state index in [-0.39, 0.29) is 42.0 Å². The van der Waals surface area contributed by atoms with Crippen LogP contribution in [0.3, 0.4) is 0 Å². The monoisotopic (exact) mass is 419 g/mol. The van der Waals surface area contributed by atoms with Gasteiger partial charge in [-0.1, -0.05) is 31.5 Å². The molecular weight excluding hydrogens is 390 g/mol. The molecule has 0 saturated carbocycles. The number of piperidine rings is 1. The molecule has 1 unspecified atom stereocenters. The lowest BCUT2D eigenvalue weighted by Gasteiger charge is -2.34. The highest BCUT2D eigenvalue weighted by Gasteiger charge is 2.36. The highest BCUT2D eigenvalue weighted by molar-refractivity contribution is 6.31. The SMILES string of the molecule is CCC(CC)C(=O)N1CCC(NC(=O)C2CC(=O)N(c3cccc(Cl)c3)C2)CC1. The van der Waals surface area contributed by atoms with Crippen molar-refractivity contribution >= 4 is 35.0 Å². The van der Waals surface area contributed by atoms with Crippen LogP contribution < -0.4 is 10.2 Å². The standard InChI is InChI=1S/C22H30ClN3O3/c1-3-15(4-2)22(29)25-10-8-18(9-11-25)24-21(28)16-12-20(27)26(14-16)19-7-5-6-17(23)13-19/h5-7,13,15-16,18H,3-4,8-12,14H2,1-2H3,(H,24,28). The molecule has 2 saturated heterocycles. The van der Waals surface area contributed by atoms with Gasteiger partial charge in [-0.25, -0.2) is 0 Å². The Morgan fingerprint density at radius 2 is 1.90 bits per heavy atom. The van der Waals surface area contributed by atoms with Crippen molar-refractivity contribution in [3.05, 3.63) is 29.3 Å². The molecule has 158 valence electrons. The minimum atomic E-state index is -0.356. The van der Waals surface area contributed by atoms with Crippen LogP contribution in [0, 0.1) is 11.8 Å². The highest BCUT2D eigenvalue weighted by atomic mass is 35.5. The number of nitrogens with zero attached hydrogens (tertiary/aromatic N) is 2. The molecule has 7 heteroatoms. The summed E-state index contributed by atoms with van der Waals surface area (Å²) in [5, 5.41) is 3.67. The van der Waals surface area contributed by atoms with Crippen molar-refractivity contribution < 1.29 is 14.4 Å². The molecule has 0 aliphatic carbocycles. The quantitative estimate of drug-likeness (QED) is 0.769. The molecule has 0 aromatic heterocycles. The summed E-state index contributed by atoms with van der Waals surface area (Å²) < 4.78 is 0. The number of carbonyl (C=O) groups is 3. The van der Waals surface area contributed by atoms with Gasteiger partial charge < -0.3 is 15.1 Å². The molecule has 6 nitrogen and oxygen atoms in total. The van der Waals surface area contributed by atoms with E-state index in [4.69, 9.17) is 11.6 Å². The van der Waals surface area contributed by atoms with Crippen LogP contribution in [0.5, 0.6) is 0 Å². The molecule has 2 aliphatic heterocycles. The molecule has 2 fully saturated rings. The lowest BCUT2D eigenvalue weighted by molar-refractivity contribution is -0.137. The van der Waals surface area contributed by atoms with Gasteiger partial charge in [0.25, 0.3) is 0 Å². The Morgan fingerprint density at radius 1 is 1.21 bits per heavy atom. The number of anilines is 1. The molecule has 1 atom stereocenters. The molecule has 3 amide bonds. The molecule has 0 spiro atoms. The van der Waals surface area contributed by atoms with E-state index >= 15 is 0 Å². The van der Waals surface area contributed by atoms with Gasteiger partial charge in [0.2, 0.25) is 17.7 Å². The molecule has 1 N–H and O–H groups in total. The number of halogens is 1. The fourth-order valence-corrected chi connectivity index (χ4v) is 4.42. The second-order valence-corrected chi connectivity index (χ2v) is 8.44. The maximum Gasteiger partial charge on any atom is 0.227 e. The van der Waals surface area contributed by atoms with Crippen molar-refractivity contribution in [2.24, 2.45) is 11.8 Å². The fourth-order valence-electron chi connectivity index (χ4n) is 4.24. The van der Waals surface area contributed by atoms with Gasteiger partial charge in [0.15, 0.2) is 0 Å². The maximum atomic E-state index is 12.7. The summed E-state index contributed by atoms with van der Waals surface area (Å²) in [5.74, 6) is -0.155. The first-order valence-electron chi connectivity index (χ1n) is 10.6. The minimum Gasteiger partial charge on any atom is -0.353 e. The fraction of sp³-hybridized carbons (Fsp3) is 0.591. The molecule has 0 bridgehead atoms. The summed E-state index contributed by atoms with van der Waals surface area (Å²) in [6.07, 6.45) is 3.46. The van der Waals surface area contributed by atoms with Gasteiger partial charge in [-0.05, 0) is 43.9 Å². The zero-order valence-corrected chi connectivity index (χ0v) is 18.0. The number of hydrogen-bond donors (Lipinski definition) is 1. The van der Waals surface area contributed by atoms with E-state index in [1.165, 1.54) is 0 Å². The second kappa shape index (κ2) is 9.61. The Labute approximate surface area is 177 Å². The van der Waals surface area contributed by atoms with Gasteiger partial charge >= 0.3 is 0 Å². The summed E-state index contributed by atoms with van der Waals surface area (Å²) in [5.41, 5.74) is 0.728. The summed E-state index contributed by atoms with van der Waals surface area (Å²) in [4.78, 5) is 41.2. The lowest BCUT2D eigenvalue weighted by atomic mass is 9.98. The van der Waals surface area contributed by atoms with E-state index in [1.807, 2.05) is 11.0 Å². The Morgan fingerprint density at radius 3 is 2.52 bits per heavy atom. The molecule has 1 aromatic carbocycles. The lowest BCUT2D eigenvalue weighted by Crippen LogP contribution is -2.49. The van der Waals surface area contributed by atoms with Gasteiger partial charge in [-0.15, -0.1) is 0 Å². The molecule has 0 radical (unpaired) electrons. The van der Waals surface area contributed by atoms with Crippen LogP contribution in [0.4, 0.5) is 5.69 Å². The van der Waals surface area contributed by atoms with Crippen LogP contribution in [-0.4, -0.2) is 48.3 Å². The third kappa shape index (κ3) is 5.10. The first-order chi connectivity index (χ1) is 13.9. The van der Waals surface area contributed by atoms with Crippen molar-refractivity contribution in [2.75, 3.05) is 24.5 Å². The Balaban J connectivity index is 1.50. The molecule has 2 heterocycles. The van der Waals surface area contributed by atoms with Crippen molar-refractivity contribution in [3.8, 4) is 0 Å². The summed E-state index contributed by atoms with van der Waals surface area (Å²) in [7, 11) is 0. The van der Waals surface area contributed by atoms with E-state index in [0.29, 0.717) is 24.7 Å². The van der Waals surface area contributed by atoms with Gasteiger partial charge in [-0.3, -0.25) is 14.4 Å². The predicted octanol–water partition coefficient (Wildman–Crippen LogP) is 3.24. The summed E-state index contributed by atoms with van der Waals surface area (Å²) in [6.45, 7) is 5.83. The number of hydrogen-bond acceptors (Lipinski definition) is 3. The largest absolute Gasteiger partial charge is 0.353 e. The number of likely N-dealkylation sites (tertiary alicyclic amines) is 1. The van der Waals surface area contributed by atoms with Crippen LogP contribution in [0.1, 0.15) is 46.0 Å². The van der Waals surface area contributed by atoms with Crippen molar-refractivity contribution in [3.63, 3.8) is 0 Å². The Bertz CT molecular complexity index is 757. The average molecular weight is 420 g/mol. The average Bonchev–Trinajstić information content (AvgIpc) is 3.11. The Kier molecular flexibility index (Phi) is 7.17. The smallest absolute Gasteiger partial charge is 0.227 e. The van der Waals surface area contributed by atoms with Crippen molar-refractivity contribution in [1.82, 2.24) is 10.2 Å². The van der Waals surface area contributed by atoms with Crippen LogP contribution >= 0.6 is 11.6 Å². The number of carbonyl (C=O) groups excluding carboxylic acids is 3. The third-order valence-electron chi connectivity index (χ3n) is 6.10. The zero-order valence-electron chi connectivity index (χ0n) is 17.2. The number of amides is 3. The van der Waals surface area contributed by atoms with Crippen molar-refractivity contribution in [2.45, 2.75) is 52.0 Å². The summed E-state index contributed by atoms with van der Waals surface area (Å²) >= 11 is 6.03. The zero-order chi connectivity index (χ0) is 21.0. The number of nitrogens with one attached hydrogen (secondary N) is 1. The first kappa shape index (κ1) is 21.6. The van der Waals surface area contributed by atoms with Gasteiger partial charge in [0.1, 0.15) is 0 Å². The molecule has 1 aromatic rings. The van der Waals surface area contributed by atoms with Crippen LogP contribution in [-0.2, 0) is 14.4 Å². The van der Waals surface area contributed by atoms with Crippen LogP contribution in [0.15, 0.2) is 24.3 Å². The topological polar surface area (TPSA) is 69.7 Å². The van der Waals surface area contributed by atoms with E-state index in [0.717, 1.165) is 31.4 Å². The molecular formula is C22H30ClN3O3. The predicted molar refractivity (Wildman–Crippen MR) is 114 cm³/mol. The first-order valence-corrected chi connectivity index (χ1v) is 11.0. The highest BCUT2D eigenvalue weighted by Crippen LogP contribution is 2.27. The van der Waals surface area contributed by atoms with Crippen LogP contribution in [0.2, 0.25) is 5.02 Å².